The second-order valence-electron chi connectivity index (χ2n) is 1.97. The quantitative estimate of drug-likeness (QED) is 0.370. The highest BCUT2D eigenvalue weighted by molar-refractivity contribution is 6.31. The van der Waals surface area contributed by atoms with Gasteiger partial charge in [0.05, 0.1) is 10.6 Å². The molecule has 0 fully saturated rings. The molecule has 0 aromatic heterocycles. The van der Waals surface area contributed by atoms with Gasteiger partial charge in [-0.2, -0.15) is 5.26 Å². The monoisotopic (exact) mass is 178 g/mol. The summed E-state index contributed by atoms with van der Waals surface area (Å²) < 4.78 is 0. The summed E-state index contributed by atoms with van der Waals surface area (Å²) in [7, 11) is 0. The number of nitriles is 1. The third-order valence-electron chi connectivity index (χ3n) is 1.23. The molecule has 0 aliphatic carbocycles. The number of halogens is 1. The summed E-state index contributed by atoms with van der Waals surface area (Å²) >= 11 is 5.64. The SMILES string of the molecule is N#Cc1cc(N=[N+]=[N-])ccc1Cl. The van der Waals surface area contributed by atoms with Crippen molar-refractivity contribution >= 4 is 17.3 Å². The molecule has 0 aliphatic rings. The van der Waals surface area contributed by atoms with Crippen LogP contribution in [-0.2, 0) is 0 Å². The van der Waals surface area contributed by atoms with Crippen molar-refractivity contribution in [1.29, 1.82) is 5.26 Å². The van der Waals surface area contributed by atoms with Crippen LogP contribution in [0.4, 0.5) is 5.69 Å². The lowest BCUT2D eigenvalue weighted by Crippen LogP contribution is -1.74. The molecular weight excluding hydrogens is 176 g/mol. The first kappa shape index (κ1) is 8.41. The lowest BCUT2D eigenvalue weighted by Gasteiger charge is -1.94. The van der Waals surface area contributed by atoms with Gasteiger partial charge in [0.15, 0.2) is 0 Å². The van der Waals surface area contributed by atoms with E-state index in [2.05, 4.69) is 10.0 Å². The summed E-state index contributed by atoms with van der Waals surface area (Å²) in [6.07, 6.45) is 0. The van der Waals surface area contributed by atoms with E-state index in [9.17, 15) is 0 Å². The van der Waals surface area contributed by atoms with E-state index in [0.29, 0.717) is 16.3 Å². The van der Waals surface area contributed by atoms with Crippen LogP contribution in [0.3, 0.4) is 0 Å². The smallest absolute Gasteiger partial charge is 0.101 e. The highest BCUT2D eigenvalue weighted by Crippen LogP contribution is 2.21. The number of azide groups is 1. The van der Waals surface area contributed by atoms with Crippen LogP contribution in [0.5, 0.6) is 0 Å². The molecule has 1 aromatic carbocycles. The fourth-order valence-corrected chi connectivity index (χ4v) is 0.873. The van der Waals surface area contributed by atoms with Crippen molar-refractivity contribution < 1.29 is 0 Å². The fraction of sp³-hybridized carbons (Fsp3) is 0. The number of hydrogen-bond donors (Lipinski definition) is 0. The Morgan fingerprint density at radius 3 is 2.92 bits per heavy atom. The molecule has 58 valence electrons. The van der Waals surface area contributed by atoms with Crippen LogP contribution in [-0.4, -0.2) is 0 Å². The average molecular weight is 179 g/mol. The summed E-state index contributed by atoms with van der Waals surface area (Å²) in [5, 5.41) is 12.2. The number of rotatable bonds is 1. The standard InChI is InChI=1S/C7H3ClN4/c8-7-2-1-6(11-12-10)3-5(7)4-9/h1-3H. The second-order valence-corrected chi connectivity index (χ2v) is 2.37. The number of hydrogen-bond acceptors (Lipinski definition) is 2. The first-order valence-corrected chi connectivity index (χ1v) is 3.40. The van der Waals surface area contributed by atoms with Gasteiger partial charge in [0.2, 0.25) is 0 Å². The highest BCUT2D eigenvalue weighted by Gasteiger charge is 1.98. The summed E-state index contributed by atoms with van der Waals surface area (Å²) in [5.41, 5.74) is 8.79. The van der Waals surface area contributed by atoms with Crippen molar-refractivity contribution in [2.45, 2.75) is 0 Å². The van der Waals surface area contributed by atoms with Gasteiger partial charge in [-0.15, -0.1) is 0 Å². The molecule has 0 heterocycles. The lowest BCUT2D eigenvalue weighted by atomic mass is 10.2. The zero-order valence-corrected chi connectivity index (χ0v) is 6.65. The molecular formula is C7H3ClN4. The summed E-state index contributed by atoms with van der Waals surface area (Å²) in [4.78, 5) is 2.58. The van der Waals surface area contributed by atoms with E-state index >= 15 is 0 Å². The molecule has 0 N–H and O–H groups in total. The first-order valence-electron chi connectivity index (χ1n) is 3.02. The topological polar surface area (TPSA) is 72.5 Å². The molecule has 4 nitrogen and oxygen atoms in total. The van der Waals surface area contributed by atoms with E-state index in [1.807, 2.05) is 6.07 Å². The highest BCUT2D eigenvalue weighted by atomic mass is 35.5. The zero-order valence-electron chi connectivity index (χ0n) is 5.90. The third kappa shape index (κ3) is 1.67. The van der Waals surface area contributed by atoms with E-state index in [-0.39, 0.29) is 0 Å². The molecule has 0 bridgehead atoms. The molecule has 0 amide bonds. The van der Waals surface area contributed by atoms with E-state index in [0.717, 1.165) is 0 Å². The van der Waals surface area contributed by atoms with Crippen LogP contribution in [0.15, 0.2) is 23.3 Å². The van der Waals surface area contributed by atoms with Gasteiger partial charge in [-0.3, -0.25) is 0 Å². The minimum Gasteiger partial charge on any atom is -0.192 e. The normalized spacial score (nSPS) is 8.33. The van der Waals surface area contributed by atoms with Crippen LogP contribution in [0.25, 0.3) is 10.4 Å². The van der Waals surface area contributed by atoms with Gasteiger partial charge in [0.25, 0.3) is 0 Å². The van der Waals surface area contributed by atoms with Crippen molar-refractivity contribution in [3.63, 3.8) is 0 Å². The Kier molecular flexibility index (Phi) is 2.54. The van der Waals surface area contributed by atoms with Gasteiger partial charge in [0.1, 0.15) is 6.07 Å². The van der Waals surface area contributed by atoms with Gasteiger partial charge in [0, 0.05) is 10.6 Å². The summed E-state index contributed by atoms with van der Waals surface area (Å²) in [6.45, 7) is 0. The maximum Gasteiger partial charge on any atom is 0.101 e. The van der Waals surface area contributed by atoms with Gasteiger partial charge in [-0.1, -0.05) is 22.8 Å². The minimum absolute atomic E-state index is 0.307. The maximum atomic E-state index is 8.54. The molecule has 0 unspecified atom stereocenters. The van der Waals surface area contributed by atoms with Crippen molar-refractivity contribution in [1.82, 2.24) is 0 Å². The molecule has 0 aliphatic heterocycles. The van der Waals surface area contributed by atoms with Crippen molar-refractivity contribution in [3.05, 3.63) is 39.2 Å². The van der Waals surface area contributed by atoms with E-state index in [1.165, 1.54) is 12.1 Å². The molecule has 0 radical (unpaired) electrons. The Morgan fingerprint density at radius 1 is 1.58 bits per heavy atom. The number of benzene rings is 1. The molecule has 0 spiro atoms. The van der Waals surface area contributed by atoms with Gasteiger partial charge >= 0.3 is 0 Å². The van der Waals surface area contributed by atoms with Gasteiger partial charge in [-0.05, 0) is 17.7 Å². The van der Waals surface area contributed by atoms with Crippen LogP contribution in [0.2, 0.25) is 5.02 Å². The van der Waals surface area contributed by atoms with E-state index in [4.69, 9.17) is 22.4 Å². The van der Waals surface area contributed by atoms with E-state index in [1.54, 1.807) is 6.07 Å². The Labute approximate surface area is 73.6 Å². The molecule has 0 atom stereocenters. The van der Waals surface area contributed by atoms with Crippen LogP contribution in [0.1, 0.15) is 5.56 Å². The predicted molar refractivity (Wildman–Crippen MR) is 45.0 cm³/mol. The van der Waals surface area contributed by atoms with Crippen molar-refractivity contribution in [2.24, 2.45) is 5.11 Å². The van der Waals surface area contributed by atoms with Crippen molar-refractivity contribution in [2.75, 3.05) is 0 Å². The molecule has 1 rings (SSSR count). The fourth-order valence-electron chi connectivity index (χ4n) is 0.713. The van der Waals surface area contributed by atoms with Gasteiger partial charge in [-0.25, -0.2) is 0 Å². The summed E-state index contributed by atoms with van der Waals surface area (Å²) in [5.74, 6) is 0. The summed E-state index contributed by atoms with van der Waals surface area (Å²) in [6, 6.07) is 6.37. The predicted octanol–water partition coefficient (Wildman–Crippen LogP) is 3.15. The Balaban J connectivity index is 3.24. The largest absolute Gasteiger partial charge is 0.192 e. The maximum absolute atomic E-state index is 8.54. The number of nitrogens with zero attached hydrogens (tertiary/aromatic N) is 4. The van der Waals surface area contributed by atoms with Gasteiger partial charge < -0.3 is 0 Å². The zero-order chi connectivity index (χ0) is 8.97. The Bertz CT molecular complexity index is 387. The second kappa shape index (κ2) is 3.63. The molecule has 12 heavy (non-hydrogen) atoms. The van der Waals surface area contributed by atoms with Crippen molar-refractivity contribution in [3.8, 4) is 6.07 Å². The average Bonchev–Trinajstić information content (AvgIpc) is 2.09. The molecule has 5 heteroatoms. The van der Waals surface area contributed by atoms with E-state index < -0.39 is 0 Å². The van der Waals surface area contributed by atoms with Crippen LogP contribution in [0, 0.1) is 11.3 Å². The Morgan fingerprint density at radius 2 is 2.33 bits per heavy atom. The molecule has 0 saturated carbocycles. The molecule has 1 aromatic rings. The van der Waals surface area contributed by atoms with Crippen LogP contribution >= 0.6 is 11.6 Å². The third-order valence-corrected chi connectivity index (χ3v) is 1.56. The lowest BCUT2D eigenvalue weighted by molar-refractivity contribution is 1.44. The minimum atomic E-state index is 0.307. The van der Waals surface area contributed by atoms with Crippen LogP contribution < -0.4 is 0 Å². The Hall–Kier alpha value is -1.69. The first-order chi connectivity index (χ1) is 5.77. The molecule has 0 saturated heterocycles.